The molecule has 0 saturated heterocycles. The fourth-order valence-electron chi connectivity index (χ4n) is 1.85. The summed E-state index contributed by atoms with van der Waals surface area (Å²) in [7, 11) is 0. The van der Waals surface area contributed by atoms with Gasteiger partial charge in [-0.25, -0.2) is 0 Å². The van der Waals surface area contributed by atoms with Crippen LogP contribution in [0, 0.1) is 10.1 Å². The fraction of sp³-hybridized carbons (Fsp3) is 0.500. The number of hydrogen-bond donors (Lipinski definition) is 2. The molecule has 0 aliphatic carbocycles. The number of aliphatic hydroxyl groups is 2. The minimum atomic E-state index is -0.513. The molecule has 0 fully saturated rings. The molecule has 18 heavy (non-hydrogen) atoms. The molecule has 0 aliphatic rings. The molecule has 0 amide bonds. The lowest BCUT2D eigenvalue weighted by atomic mass is 10.1. The lowest BCUT2D eigenvalue weighted by Crippen LogP contribution is -2.33. The van der Waals surface area contributed by atoms with Gasteiger partial charge in [0.1, 0.15) is 0 Å². The summed E-state index contributed by atoms with van der Waals surface area (Å²) in [5.74, 6) is 0. The summed E-state index contributed by atoms with van der Waals surface area (Å²) in [6, 6.07) is 4.76. The van der Waals surface area contributed by atoms with Crippen LogP contribution in [0.25, 0.3) is 0 Å². The molecule has 0 radical (unpaired) electrons. The van der Waals surface area contributed by atoms with Crippen LogP contribution in [0.1, 0.15) is 19.4 Å². The van der Waals surface area contributed by atoms with Crippen LogP contribution in [0.2, 0.25) is 0 Å². The molecule has 1 aromatic rings. The molecule has 0 saturated carbocycles. The van der Waals surface area contributed by atoms with Gasteiger partial charge in [-0.2, -0.15) is 0 Å². The maximum atomic E-state index is 10.8. The maximum Gasteiger partial charge on any atom is 0.275 e. The second kappa shape index (κ2) is 6.32. The van der Waals surface area contributed by atoms with E-state index in [1.807, 2.05) is 18.7 Å². The first-order valence-corrected chi connectivity index (χ1v) is 5.77. The molecule has 0 spiro atoms. The van der Waals surface area contributed by atoms with Gasteiger partial charge in [0, 0.05) is 24.3 Å². The molecule has 1 aromatic carbocycles. The van der Waals surface area contributed by atoms with E-state index in [0.29, 0.717) is 6.54 Å². The molecular weight excluding hydrogens is 236 g/mol. The van der Waals surface area contributed by atoms with Gasteiger partial charge in [0.15, 0.2) is 0 Å². The van der Waals surface area contributed by atoms with E-state index in [9.17, 15) is 10.1 Å². The van der Waals surface area contributed by atoms with Gasteiger partial charge in [-0.15, -0.1) is 0 Å². The molecule has 0 aliphatic heterocycles. The first-order valence-electron chi connectivity index (χ1n) is 5.77. The highest BCUT2D eigenvalue weighted by Gasteiger charge is 2.17. The molecule has 1 rings (SSSR count). The van der Waals surface area contributed by atoms with Gasteiger partial charge in [-0.1, -0.05) is 0 Å². The van der Waals surface area contributed by atoms with E-state index < -0.39 is 4.92 Å². The van der Waals surface area contributed by atoms with Crippen LogP contribution in [0.4, 0.5) is 11.4 Å². The number of benzene rings is 1. The Bertz CT molecular complexity index is 421. The van der Waals surface area contributed by atoms with Crippen LogP contribution in [-0.4, -0.2) is 34.3 Å². The van der Waals surface area contributed by atoms with Crippen LogP contribution in [0.15, 0.2) is 18.2 Å². The number of nitro benzene ring substituents is 1. The van der Waals surface area contributed by atoms with Crippen molar-refractivity contribution < 1.29 is 15.1 Å². The van der Waals surface area contributed by atoms with Gasteiger partial charge in [0.05, 0.1) is 23.7 Å². The van der Waals surface area contributed by atoms with Crippen molar-refractivity contribution in [3.63, 3.8) is 0 Å². The Morgan fingerprint density at radius 2 is 2.06 bits per heavy atom. The molecule has 100 valence electrons. The van der Waals surface area contributed by atoms with E-state index in [1.165, 1.54) is 6.07 Å². The number of hydrogen-bond acceptors (Lipinski definition) is 5. The maximum absolute atomic E-state index is 10.8. The predicted octanol–water partition coefficient (Wildman–Crippen LogP) is 1.29. The third-order valence-electron chi connectivity index (χ3n) is 2.73. The Hall–Kier alpha value is -1.66. The number of nitrogens with zero attached hydrogens (tertiary/aromatic N) is 2. The summed E-state index contributed by atoms with van der Waals surface area (Å²) in [6.45, 7) is 4.00. The third-order valence-corrected chi connectivity index (χ3v) is 2.73. The molecule has 6 nitrogen and oxygen atoms in total. The second-order valence-electron chi connectivity index (χ2n) is 4.24. The second-order valence-corrected chi connectivity index (χ2v) is 4.24. The highest BCUT2D eigenvalue weighted by molar-refractivity contribution is 5.56. The Morgan fingerprint density at radius 1 is 1.39 bits per heavy atom. The van der Waals surface area contributed by atoms with E-state index in [1.54, 1.807) is 12.1 Å². The van der Waals surface area contributed by atoms with Crippen molar-refractivity contribution in [2.24, 2.45) is 0 Å². The van der Waals surface area contributed by atoms with Crippen molar-refractivity contribution in [3.05, 3.63) is 33.9 Å². The lowest BCUT2D eigenvalue weighted by Gasteiger charge is -2.28. The number of rotatable bonds is 6. The van der Waals surface area contributed by atoms with Crippen molar-refractivity contribution in [3.8, 4) is 0 Å². The number of aliphatic hydroxyl groups excluding tert-OH is 2. The average molecular weight is 254 g/mol. The van der Waals surface area contributed by atoms with Crippen molar-refractivity contribution in [2.75, 3.05) is 18.1 Å². The van der Waals surface area contributed by atoms with Gasteiger partial charge in [0.25, 0.3) is 5.69 Å². The van der Waals surface area contributed by atoms with Gasteiger partial charge in [-0.3, -0.25) is 10.1 Å². The van der Waals surface area contributed by atoms with E-state index in [0.717, 1.165) is 5.69 Å². The lowest BCUT2D eigenvalue weighted by molar-refractivity contribution is -0.385. The van der Waals surface area contributed by atoms with Crippen molar-refractivity contribution >= 4 is 11.4 Å². The van der Waals surface area contributed by atoms with Gasteiger partial charge in [-0.05, 0) is 26.0 Å². The summed E-state index contributed by atoms with van der Waals surface area (Å²) in [4.78, 5) is 12.2. The van der Waals surface area contributed by atoms with Crippen LogP contribution >= 0.6 is 0 Å². The minimum Gasteiger partial charge on any atom is -0.395 e. The summed E-state index contributed by atoms with van der Waals surface area (Å²) in [5.41, 5.74) is 0.948. The summed E-state index contributed by atoms with van der Waals surface area (Å²) in [5, 5.41) is 28.9. The molecule has 0 heterocycles. The minimum absolute atomic E-state index is 0.00360. The smallest absolute Gasteiger partial charge is 0.275 e. The Morgan fingerprint density at radius 3 is 2.50 bits per heavy atom. The third kappa shape index (κ3) is 3.18. The Balaban J connectivity index is 3.13. The summed E-state index contributed by atoms with van der Waals surface area (Å²) >= 11 is 0. The van der Waals surface area contributed by atoms with Crippen LogP contribution in [0.5, 0.6) is 0 Å². The zero-order chi connectivity index (χ0) is 13.7. The first-order chi connectivity index (χ1) is 8.51. The van der Waals surface area contributed by atoms with Gasteiger partial charge < -0.3 is 15.1 Å². The molecule has 0 bridgehead atoms. The normalized spacial score (nSPS) is 10.7. The van der Waals surface area contributed by atoms with Crippen molar-refractivity contribution in [1.29, 1.82) is 0 Å². The zero-order valence-corrected chi connectivity index (χ0v) is 10.5. The molecule has 0 atom stereocenters. The van der Waals surface area contributed by atoms with Crippen LogP contribution in [-0.2, 0) is 6.61 Å². The monoisotopic (exact) mass is 254 g/mol. The van der Waals surface area contributed by atoms with E-state index >= 15 is 0 Å². The number of anilines is 1. The van der Waals surface area contributed by atoms with E-state index in [4.69, 9.17) is 10.2 Å². The number of nitro groups is 1. The standard InChI is InChI=1S/C12H18N2O4/c1-9(2)13(5-6-15)11-3-4-12(14(17)18)10(7-11)8-16/h3-4,7,9,15-16H,5-6,8H2,1-2H3. The van der Waals surface area contributed by atoms with Crippen LogP contribution < -0.4 is 4.90 Å². The van der Waals surface area contributed by atoms with Gasteiger partial charge in [0.2, 0.25) is 0 Å². The Labute approximate surface area is 106 Å². The quantitative estimate of drug-likeness (QED) is 0.590. The molecule has 0 unspecified atom stereocenters. The topological polar surface area (TPSA) is 86.8 Å². The molecule has 2 N–H and O–H groups in total. The summed E-state index contributed by atoms with van der Waals surface area (Å²) < 4.78 is 0. The zero-order valence-electron chi connectivity index (χ0n) is 10.5. The predicted molar refractivity (Wildman–Crippen MR) is 68.6 cm³/mol. The largest absolute Gasteiger partial charge is 0.395 e. The molecule has 0 aromatic heterocycles. The van der Waals surface area contributed by atoms with Gasteiger partial charge >= 0.3 is 0 Å². The van der Waals surface area contributed by atoms with Crippen molar-refractivity contribution in [1.82, 2.24) is 0 Å². The molecular formula is C12H18N2O4. The van der Waals surface area contributed by atoms with Crippen LogP contribution in [0.3, 0.4) is 0 Å². The molecule has 6 heteroatoms. The SMILES string of the molecule is CC(C)N(CCO)c1ccc([N+](=O)[O-])c(CO)c1. The average Bonchev–Trinajstić information content (AvgIpc) is 2.34. The van der Waals surface area contributed by atoms with E-state index in [2.05, 4.69) is 0 Å². The Kier molecular flexibility index (Phi) is 5.06. The first kappa shape index (κ1) is 14.4. The van der Waals surface area contributed by atoms with Crippen molar-refractivity contribution in [2.45, 2.75) is 26.5 Å². The highest BCUT2D eigenvalue weighted by atomic mass is 16.6. The highest BCUT2D eigenvalue weighted by Crippen LogP contribution is 2.26. The fourth-order valence-corrected chi connectivity index (χ4v) is 1.85. The summed E-state index contributed by atoms with van der Waals surface area (Å²) in [6.07, 6.45) is 0. The van der Waals surface area contributed by atoms with E-state index in [-0.39, 0.29) is 30.5 Å².